The first kappa shape index (κ1) is 165. The molecule has 0 aromatic carbocycles. The van der Waals surface area contributed by atoms with Gasteiger partial charge in [-0.25, -0.2) is 0 Å². The third-order valence-electron chi connectivity index (χ3n) is 0. The van der Waals surface area contributed by atoms with Crippen LogP contribution in [0.25, 0.3) is 0 Å². The fourth-order valence-electron chi connectivity index (χ4n) is 0. The van der Waals surface area contributed by atoms with Crippen LogP contribution in [0.15, 0.2) is 0 Å². The van der Waals surface area contributed by atoms with Crippen molar-refractivity contribution in [3.63, 3.8) is 0 Å². The Labute approximate surface area is 116 Å². The largest absolute Gasteiger partial charge is 3.00 e. The second-order valence-electron chi connectivity index (χ2n) is 0. The number of hydrogen-bond acceptors (Lipinski definition) is 0. The Morgan fingerprint density at radius 2 is 0.444 bits per heavy atom. The molecule has 0 unspecified atom stereocenters. The molecular weight excluding hydrogens is 337 g/mol. The van der Waals surface area contributed by atoms with Crippen LogP contribution in [0.4, 0.5) is 0 Å². The predicted molar refractivity (Wildman–Crippen MR) is 13.6 cm³/mol. The summed E-state index contributed by atoms with van der Waals surface area (Å²) in [6, 6.07) is 0. The van der Waals surface area contributed by atoms with Gasteiger partial charge >= 0.3 is 34.7 Å². The summed E-state index contributed by atoms with van der Waals surface area (Å²) in [5.74, 6) is 0. The zero-order valence-electron chi connectivity index (χ0n) is 3.68. The third kappa shape index (κ3) is 101. The molecule has 9 heteroatoms. The number of rotatable bonds is 0. The second-order valence-corrected chi connectivity index (χ2v) is 0. The summed E-state index contributed by atoms with van der Waals surface area (Å²) in [7, 11) is 0. The maximum atomic E-state index is 0. The molecule has 0 bridgehead atoms. The average Bonchev–Trinajstić information content (AvgIpc) is 0. The van der Waals surface area contributed by atoms with E-state index in [2.05, 4.69) is 0 Å². The van der Waals surface area contributed by atoms with Crippen LogP contribution in [0.1, 0.15) is 0 Å². The van der Waals surface area contributed by atoms with E-state index < -0.39 is 0 Å². The van der Waals surface area contributed by atoms with Crippen LogP contribution in [0.2, 0.25) is 0 Å². The summed E-state index contributed by atoms with van der Waals surface area (Å²) in [5.41, 5.74) is 0. The van der Waals surface area contributed by atoms with Gasteiger partial charge in [0.15, 0.2) is 0 Å². The van der Waals surface area contributed by atoms with Crippen LogP contribution in [-0.4, -0.2) is 34.7 Å². The molecule has 0 N–H and O–H groups in total. The minimum Gasteiger partial charge on any atom is -2.00 e. The molecule has 0 heterocycles. The minimum absolute atomic E-state index is 0. The van der Waals surface area contributed by atoms with Gasteiger partial charge in [-0.15, -0.1) is 0 Å². The number of hydrogen-bond donors (Lipinski definition) is 0. The Kier molecular flexibility index (Phi) is 2290. The summed E-state index contributed by atoms with van der Waals surface area (Å²) in [6.45, 7) is 0. The van der Waals surface area contributed by atoms with Crippen molar-refractivity contribution in [3.8, 4) is 0 Å². The van der Waals surface area contributed by atoms with E-state index in [0.29, 0.717) is 0 Å². The van der Waals surface area contributed by atoms with E-state index in [9.17, 15) is 0 Å². The van der Waals surface area contributed by atoms with Crippen LogP contribution < -0.4 is 0 Å². The molecule has 0 saturated heterocycles. The summed E-state index contributed by atoms with van der Waals surface area (Å²) >= 11 is 0. The van der Waals surface area contributed by atoms with Crippen LogP contribution in [0.3, 0.4) is 0 Å². The van der Waals surface area contributed by atoms with Crippen LogP contribution >= 0.6 is 0 Å². The Morgan fingerprint density at radius 3 is 0.444 bits per heavy atom. The fourth-order valence-corrected chi connectivity index (χ4v) is 0. The zero-order valence-corrected chi connectivity index (χ0v) is 10.0. The molecule has 0 aromatic heterocycles. The van der Waals surface area contributed by atoms with E-state index in [-0.39, 0.29) is 118 Å². The third-order valence-corrected chi connectivity index (χ3v) is 0. The van der Waals surface area contributed by atoms with Gasteiger partial charge in [0, 0.05) is 66.5 Å². The van der Waals surface area contributed by atoms with Gasteiger partial charge in [-0.05, 0) is 0 Å². The van der Waals surface area contributed by atoms with Gasteiger partial charge in [-0.1, -0.05) is 0 Å². The van der Waals surface area contributed by atoms with Gasteiger partial charge in [0.25, 0.3) is 0 Å². The van der Waals surface area contributed by atoms with Crippen molar-refractivity contribution in [1.82, 2.24) is 0 Å². The van der Waals surface area contributed by atoms with Gasteiger partial charge < -0.3 is 16.4 Å². The summed E-state index contributed by atoms with van der Waals surface area (Å²) < 4.78 is 0. The van der Waals surface area contributed by atoms with Gasteiger partial charge in [0.2, 0.25) is 0 Å². The van der Waals surface area contributed by atoms with Gasteiger partial charge in [-0.2, -0.15) is 0 Å². The van der Waals surface area contributed by atoms with Gasteiger partial charge in [0.05, 0.1) is 0 Å². The molecule has 0 aliphatic rings. The first-order valence-corrected chi connectivity index (χ1v) is 0. The Hall–Kier alpha value is 2.94. The molecule has 0 amide bonds. The molecule has 0 spiro atoms. The van der Waals surface area contributed by atoms with Crippen molar-refractivity contribution in [1.29, 1.82) is 0 Å². The van der Waals surface area contributed by atoms with E-state index in [1.807, 2.05) is 0 Å². The van der Waals surface area contributed by atoms with Gasteiger partial charge in [0.1, 0.15) is 0 Å². The molecule has 9 heavy (non-hydrogen) atoms. The molecule has 0 aromatic rings. The standard InChI is InChI=1S/2Al.2Co.2Ni.3O/q2*+3;;;;;3*-2. The summed E-state index contributed by atoms with van der Waals surface area (Å²) in [6.07, 6.45) is 0. The maximum absolute atomic E-state index is 0. The van der Waals surface area contributed by atoms with E-state index in [1.54, 1.807) is 0 Å². The SMILES string of the molecule is [Al+3].[Al+3].[Co].[Co].[Ni].[Ni].[O-2].[O-2].[O-2]. The molecule has 62 valence electrons. The first-order chi connectivity index (χ1) is 0. The molecule has 2 radical (unpaired) electrons. The molecule has 3 nitrogen and oxygen atoms in total. The van der Waals surface area contributed by atoms with E-state index in [0.717, 1.165) is 0 Å². The molecule has 0 atom stereocenters. The molecule has 0 saturated carbocycles. The zero-order chi connectivity index (χ0) is 0. The predicted octanol–water partition coefficient (Wildman–Crippen LogP) is -1.13. The van der Waals surface area contributed by atoms with Crippen molar-refractivity contribution in [2.75, 3.05) is 0 Å². The minimum atomic E-state index is 0. The van der Waals surface area contributed by atoms with Gasteiger partial charge in [-0.3, -0.25) is 0 Å². The average molecular weight is 337 g/mol. The van der Waals surface area contributed by atoms with Crippen molar-refractivity contribution in [3.05, 3.63) is 0 Å². The smallest absolute Gasteiger partial charge is 2.00 e. The molecule has 0 aliphatic heterocycles. The molecular formula is Al2Co2Ni2O3. The van der Waals surface area contributed by atoms with Crippen molar-refractivity contribution in [2.24, 2.45) is 0 Å². The van der Waals surface area contributed by atoms with Crippen molar-refractivity contribution >= 4 is 34.7 Å². The Balaban J connectivity index is 0. The fraction of sp³-hybridized carbons (Fsp3) is 0. The Bertz CT molecular complexity index is 17.8. The summed E-state index contributed by atoms with van der Waals surface area (Å²) in [4.78, 5) is 0. The Morgan fingerprint density at radius 1 is 0.444 bits per heavy atom. The topological polar surface area (TPSA) is 85.5 Å². The maximum Gasteiger partial charge on any atom is 3.00 e. The summed E-state index contributed by atoms with van der Waals surface area (Å²) in [5, 5.41) is 0. The normalized spacial score (nSPS) is 0. The van der Waals surface area contributed by atoms with E-state index in [4.69, 9.17) is 0 Å². The first-order valence-electron chi connectivity index (χ1n) is 0. The molecule has 0 aliphatic carbocycles. The van der Waals surface area contributed by atoms with Crippen LogP contribution in [0, 0.1) is 0 Å². The second kappa shape index (κ2) is 125. The van der Waals surface area contributed by atoms with Crippen LogP contribution in [-0.2, 0) is 83.0 Å². The van der Waals surface area contributed by atoms with Crippen molar-refractivity contribution < 1.29 is 83.0 Å². The molecule has 0 fully saturated rings. The molecule has 0 rings (SSSR count). The van der Waals surface area contributed by atoms with Crippen molar-refractivity contribution in [2.45, 2.75) is 0 Å². The van der Waals surface area contributed by atoms with E-state index >= 15 is 0 Å². The van der Waals surface area contributed by atoms with E-state index in [1.165, 1.54) is 0 Å². The van der Waals surface area contributed by atoms with Crippen LogP contribution in [0.5, 0.6) is 0 Å². The quantitative estimate of drug-likeness (QED) is 0.501. The monoisotopic (exact) mass is 336 g/mol.